The van der Waals surface area contributed by atoms with E-state index in [-0.39, 0.29) is 0 Å². The van der Waals surface area contributed by atoms with Gasteiger partial charge in [0.25, 0.3) is 0 Å². The first-order valence-electron chi connectivity index (χ1n) is 16.8. The largest absolute Gasteiger partial charge is 0.455 e. The normalized spacial score (nSPS) is 12.0. The van der Waals surface area contributed by atoms with E-state index >= 15 is 0 Å². The van der Waals surface area contributed by atoms with Gasteiger partial charge in [-0.05, 0) is 89.3 Å². The van der Waals surface area contributed by atoms with Crippen LogP contribution in [0.15, 0.2) is 168 Å². The van der Waals surface area contributed by atoms with Crippen molar-refractivity contribution in [2.24, 2.45) is 0 Å². The Labute approximate surface area is 295 Å². The molecule has 0 aliphatic carbocycles. The lowest BCUT2D eigenvalue weighted by atomic mass is 9.98. The minimum atomic E-state index is 0.909. The third-order valence-corrected chi connectivity index (χ3v) is 12.4. The lowest BCUT2D eigenvalue weighted by Crippen LogP contribution is -2.09. The van der Waals surface area contributed by atoms with Crippen LogP contribution in [0.4, 0.5) is 17.1 Å². The molecule has 0 fully saturated rings. The van der Waals surface area contributed by atoms with Gasteiger partial charge < -0.3 is 9.32 Å². The second-order valence-electron chi connectivity index (χ2n) is 12.9. The number of fused-ring (bicyclic) bond motifs is 11. The zero-order valence-electron chi connectivity index (χ0n) is 26.8. The molecule has 8 aromatic carbocycles. The highest BCUT2D eigenvalue weighted by molar-refractivity contribution is 7.26. The third-order valence-electron chi connectivity index (χ3n) is 10.1. The zero-order valence-corrected chi connectivity index (χ0v) is 28.4. The maximum absolute atomic E-state index is 6.52. The van der Waals surface area contributed by atoms with Crippen molar-refractivity contribution < 1.29 is 4.42 Å². The van der Waals surface area contributed by atoms with E-state index in [1.807, 2.05) is 22.7 Å². The summed E-state index contributed by atoms with van der Waals surface area (Å²) in [5, 5.41) is 9.82. The highest BCUT2D eigenvalue weighted by Gasteiger charge is 2.18. The molecule has 0 N–H and O–H groups in total. The first-order chi connectivity index (χ1) is 24.8. The molecular formula is C46H27NOS2. The summed E-state index contributed by atoms with van der Waals surface area (Å²) >= 11 is 3.71. The predicted octanol–water partition coefficient (Wildman–Crippen LogP) is 14.6. The Kier molecular flexibility index (Phi) is 6.03. The number of hydrogen-bond donors (Lipinski definition) is 0. The quantitative estimate of drug-likeness (QED) is 0.185. The van der Waals surface area contributed by atoms with Crippen LogP contribution in [0.25, 0.3) is 84.2 Å². The second-order valence-corrected chi connectivity index (χ2v) is 15.1. The molecule has 0 bridgehead atoms. The standard InChI is InChI=1S/C46H27NOS2/c1-2-9-34-28(8-1)18-23-37-45-33(12-7-13-40(45)48-46(34)37)29-16-19-30(20-17-29)47(31-21-24-43-38(26-31)35-10-3-5-14-41(35)49-43)32-22-25-44-39(27-32)36-11-4-6-15-42(36)50-44/h1-27H. The molecule has 0 aliphatic heterocycles. The van der Waals surface area contributed by atoms with E-state index in [0.29, 0.717) is 0 Å². The Morgan fingerprint density at radius 2 is 0.980 bits per heavy atom. The monoisotopic (exact) mass is 673 g/mol. The maximum atomic E-state index is 6.52. The molecule has 11 aromatic rings. The summed E-state index contributed by atoms with van der Waals surface area (Å²) in [6, 6.07) is 59.6. The van der Waals surface area contributed by atoms with Crippen LogP contribution in [-0.2, 0) is 0 Å². The number of rotatable bonds is 4. The van der Waals surface area contributed by atoms with Crippen molar-refractivity contribution in [1.82, 2.24) is 0 Å². The molecule has 0 radical (unpaired) electrons. The molecule has 3 heterocycles. The van der Waals surface area contributed by atoms with Crippen LogP contribution in [0.3, 0.4) is 0 Å². The van der Waals surface area contributed by atoms with Gasteiger partial charge in [-0.1, -0.05) is 91.0 Å². The molecule has 0 saturated heterocycles. The molecule has 0 atom stereocenters. The summed E-state index contributed by atoms with van der Waals surface area (Å²) in [4.78, 5) is 2.40. The average Bonchev–Trinajstić information content (AvgIpc) is 3.86. The van der Waals surface area contributed by atoms with Crippen molar-refractivity contribution in [2.75, 3.05) is 4.90 Å². The van der Waals surface area contributed by atoms with Crippen LogP contribution >= 0.6 is 22.7 Å². The summed E-state index contributed by atoms with van der Waals surface area (Å²) < 4.78 is 11.8. The number of nitrogens with zero attached hydrogens (tertiary/aromatic N) is 1. The Bertz CT molecular complexity index is 2990. The summed E-state index contributed by atoms with van der Waals surface area (Å²) in [6.45, 7) is 0. The Hall–Kier alpha value is -5.94. The fraction of sp³-hybridized carbons (Fsp3) is 0. The van der Waals surface area contributed by atoms with Crippen molar-refractivity contribution in [3.05, 3.63) is 164 Å². The van der Waals surface area contributed by atoms with Crippen molar-refractivity contribution in [1.29, 1.82) is 0 Å². The fourth-order valence-electron chi connectivity index (χ4n) is 7.74. The van der Waals surface area contributed by atoms with Gasteiger partial charge in [0.1, 0.15) is 11.2 Å². The molecule has 0 aliphatic rings. The minimum absolute atomic E-state index is 0.909. The van der Waals surface area contributed by atoms with E-state index in [9.17, 15) is 0 Å². The van der Waals surface area contributed by atoms with Crippen LogP contribution in [-0.4, -0.2) is 0 Å². The first-order valence-corrected chi connectivity index (χ1v) is 18.5. The number of furan rings is 1. The molecule has 2 nitrogen and oxygen atoms in total. The third kappa shape index (κ3) is 4.19. The average molecular weight is 674 g/mol. The zero-order chi connectivity index (χ0) is 32.8. The Balaban J connectivity index is 1.09. The van der Waals surface area contributed by atoms with E-state index in [1.54, 1.807) is 0 Å². The predicted molar refractivity (Wildman–Crippen MR) is 217 cm³/mol. The van der Waals surface area contributed by atoms with E-state index in [0.717, 1.165) is 50.0 Å². The van der Waals surface area contributed by atoms with Gasteiger partial charge in [0.05, 0.1) is 0 Å². The van der Waals surface area contributed by atoms with Gasteiger partial charge in [0, 0.05) is 73.6 Å². The van der Waals surface area contributed by atoms with Crippen LogP contribution in [0.5, 0.6) is 0 Å². The van der Waals surface area contributed by atoms with Gasteiger partial charge in [0.15, 0.2) is 0 Å². The van der Waals surface area contributed by atoms with Crippen LogP contribution in [0.2, 0.25) is 0 Å². The SMILES string of the molecule is c1ccc2c(c1)ccc1c2oc2cccc(-c3ccc(N(c4ccc5sc6ccccc6c5c4)c4ccc5sc6ccccc6c5c4)cc3)c21. The molecule has 0 amide bonds. The van der Waals surface area contributed by atoms with E-state index in [2.05, 4.69) is 169 Å². The van der Waals surface area contributed by atoms with Gasteiger partial charge in [-0.2, -0.15) is 0 Å². The molecule has 0 saturated carbocycles. The lowest BCUT2D eigenvalue weighted by Gasteiger charge is -2.26. The number of benzene rings is 8. The van der Waals surface area contributed by atoms with Gasteiger partial charge in [-0.15, -0.1) is 22.7 Å². The van der Waals surface area contributed by atoms with Gasteiger partial charge in [0.2, 0.25) is 0 Å². The summed E-state index contributed by atoms with van der Waals surface area (Å²) in [5.74, 6) is 0. The molecule has 234 valence electrons. The maximum Gasteiger partial charge on any atom is 0.143 e. The molecule has 11 rings (SSSR count). The van der Waals surface area contributed by atoms with E-state index in [4.69, 9.17) is 4.42 Å². The van der Waals surface area contributed by atoms with Crippen molar-refractivity contribution in [2.45, 2.75) is 0 Å². The molecule has 3 aromatic heterocycles. The van der Waals surface area contributed by atoms with Crippen LogP contribution in [0.1, 0.15) is 0 Å². The number of thiophene rings is 2. The summed E-state index contributed by atoms with van der Waals surface area (Å²) in [6.07, 6.45) is 0. The summed E-state index contributed by atoms with van der Waals surface area (Å²) in [5.41, 5.74) is 7.58. The topological polar surface area (TPSA) is 16.4 Å². The lowest BCUT2D eigenvalue weighted by molar-refractivity contribution is 0.673. The van der Waals surface area contributed by atoms with Gasteiger partial charge >= 0.3 is 0 Å². The smallest absolute Gasteiger partial charge is 0.143 e. The molecule has 0 unspecified atom stereocenters. The van der Waals surface area contributed by atoms with Gasteiger partial charge in [-0.3, -0.25) is 0 Å². The first kappa shape index (κ1) is 28.0. The fourth-order valence-corrected chi connectivity index (χ4v) is 9.91. The van der Waals surface area contributed by atoms with Gasteiger partial charge in [-0.25, -0.2) is 0 Å². The highest BCUT2D eigenvalue weighted by atomic mass is 32.1. The molecule has 0 spiro atoms. The van der Waals surface area contributed by atoms with Crippen molar-refractivity contribution in [3.8, 4) is 11.1 Å². The molecule has 50 heavy (non-hydrogen) atoms. The Morgan fingerprint density at radius 3 is 1.66 bits per heavy atom. The molecular weight excluding hydrogens is 647 g/mol. The van der Waals surface area contributed by atoms with Crippen molar-refractivity contribution >= 4 is 113 Å². The Morgan fingerprint density at radius 1 is 0.400 bits per heavy atom. The molecule has 4 heteroatoms. The number of anilines is 3. The summed E-state index contributed by atoms with van der Waals surface area (Å²) in [7, 11) is 0. The highest BCUT2D eigenvalue weighted by Crippen LogP contribution is 2.44. The van der Waals surface area contributed by atoms with E-state index in [1.165, 1.54) is 51.3 Å². The van der Waals surface area contributed by atoms with E-state index < -0.39 is 0 Å². The van der Waals surface area contributed by atoms with Crippen LogP contribution < -0.4 is 4.90 Å². The van der Waals surface area contributed by atoms with Crippen LogP contribution in [0, 0.1) is 0 Å². The number of hydrogen-bond acceptors (Lipinski definition) is 4. The van der Waals surface area contributed by atoms with Crippen molar-refractivity contribution in [3.63, 3.8) is 0 Å². The second kappa shape index (κ2) is 10.8. The minimum Gasteiger partial charge on any atom is -0.455 e.